The Labute approximate surface area is 91.6 Å². The van der Waals surface area contributed by atoms with Gasteiger partial charge < -0.3 is 10.2 Å². The van der Waals surface area contributed by atoms with Crippen LogP contribution in [0, 0.1) is 0 Å². The highest BCUT2D eigenvalue weighted by Crippen LogP contribution is 2.10. The van der Waals surface area contributed by atoms with Gasteiger partial charge in [-0.2, -0.15) is 0 Å². The third kappa shape index (κ3) is 2.69. The molecule has 1 N–H and O–H groups in total. The van der Waals surface area contributed by atoms with Crippen LogP contribution in [-0.4, -0.2) is 61.5 Å². The number of likely N-dealkylation sites (tertiary alicyclic amines) is 1. The van der Waals surface area contributed by atoms with Crippen LogP contribution < -0.4 is 5.32 Å². The zero-order valence-corrected chi connectivity index (χ0v) is 9.54. The van der Waals surface area contributed by atoms with Crippen molar-refractivity contribution < 1.29 is 4.79 Å². The van der Waals surface area contributed by atoms with Crippen molar-refractivity contribution in [1.29, 1.82) is 0 Å². The smallest absolute Gasteiger partial charge is 0.236 e. The van der Waals surface area contributed by atoms with Crippen LogP contribution in [0.3, 0.4) is 0 Å². The van der Waals surface area contributed by atoms with Gasteiger partial charge in [-0.3, -0.25) is 9.69 Å². The van der Waals surface area contributed by atoms with Crippen LogP contribution in [-0.2, 0) is 4.79 Å². The molecule has 2 aliphatic rings. The summed E-state index contributed by atoms with van der Waals surface area (Å²) in [6, 6.07) is 0.552. The van der Waals surface area contributed by atoms with E-state index in [0.717, 1.165) is 26.2 Å². The summed E-state index contributed by atoms with van der Waals surface area (Å²) in [5.74, 6) is 0.307. The number of nitrogens with one attached hydrogen (secondary N) is 1. The van der Waals surface area contributed by atoms with Crippen LogP contribution in [0.1, 0.15) is 19.3 Å². The Morgan fingerprint density at radius 1 is 1.47 bits per heavy atom. The largest absolute Gasteiger partial charge is 0.342 e. The molecule has 4 heteroatoms. The molecule has 0 aromatic rings. The molecule has 4 nitrogen and oxygen atoms in total. The van der Waals surface area contributed by atoms with E-state index in [1.165, 1.54) is 19.3 Å². The average molecular weight is 211 g/mol. The molecule has 2 aliphatic heterocycles. The molecule has 15 heavy (non-hydrogen) atoms. The van der Waals surface area contributed by atoms with Crippen LogP contribution in [0.2, 0.25) is 0 Å². The standard InChI is InChI=1S/C11H21N3O/c1-13(10-4-5-12-8-10)9-11(15)14-6-2-3-7-14/h10,12H,2-9H2,1H3. The number of amides is 1. The van der Waals surface area contributed by atoms with Crippen LogP contribution in [0.5, 0.6) is 0 Å². The first-order valence-corrected chi connectivity index (χ1v) is 5.96. The lowest BCUT2D eigenvalue weighted by atomic mass is 10.2. The van der Waals surface area contributed by atoms with Gasteiger partial charge in [-0.25, -0.2) is 0 Å². The summed E-state index contributed by atoms with van der Waals surface area (Å²) in [5, 5.41) is 3.33. The Morgan fingerprint density at radius 3 is 2.80 bits per heavy atom. The first kappa shape index (κ1) is 10.9. The first-order valence-electron chi connectivity index (χ1n) is 5.96. The van der Waals surface area contributed by atoms with Crippen LogP contribution in [0.25, 0.3) is 0 Å². The summed E-state index contributed by atoms with van der Waals surface area (Å²) in [7, 11) is 2.06. The predicted octanol–water partition coefficient (Wildman–Crippen LogP) is -0.0975. The van der Waals surface area contributed by atoms with Crippen LogP contribution in [0.4, 0.5) is 0 Å². The van der Waals surface area contributed by atoms with Crippen molar-refractivity contribution >= 4 is 5.91 Å². The fourth-order valence-corrected chi connectivity index (χ4v) is 2.42. The number of rotatable bonds is 3. The fraction of sp³-hybridized carbons (Fsp3) is 0.909. The lowest BCUT2D eigenvalue weighted by molar-refractivity contribution is -0.131. The number of carbonyl (C=O) groups excluding carboxylic acids is 1. The summed E-state index contributed by atoms with van der Waals surface area (Å²) in [6.45, 7) is 4.65. The van der Waals surface area contributed by atoms with E-state index >= 15 is 0 Å². The molecule has 86 valence electrons. The summed E-state index contributed by atoms with van der Waals surface area (Å²) < 4.78 is 0. The number of hydrogen-bond donors (Lipinski definition) is 1. The molecule has 0 bridgehead atoms. The number of likely N-dealkylation sites (N-methyl/N-ethyl adjacent to an activating group) is 1. The van der Waals surface area contributed by atoms with Gasteiger partial charge in [0.15, 0.2) is 0 Å². The SMILES string of the molecule is CN(CC(=O)N1CCCC1)C1CCNC1. The molecule has 0 saturated carbocycles. The zero-order chi connectivity index (χ0) is 10.7. The van der Waals surface area contributed by atoms with E-state index < -0.39 is 0 Å². The highest BCUT2D eigenvalue weighted by Gasteiger charge is 2.24. The Kier molecular flexibility index (Phi) is 3.59. The number of hydrogen-bond acceptors (Lipinski definition) is 3. The maximum Gasteiger partial charge on any atom is 0.236 e. The number of nitrogens with zero attached hydrogens (tertiary/aromatic N) is 2. The van der Waals surface area contributed by atoms with Crippen molar-refractivity contribution in [1.82, 2.24) is 15.1 Å². The molecule has 2 fully saturated rings. The Morgan fingerprint density at radius 2 is 2.20 bits per heavy atom. The van der Waals surface area contributed by atoms with Crippen molar-refractivity contribution in [2.75, 3.05) is 39.8 Å². The Hall–Kier alpha value is -0.610. The lowest BCUT2D eigenvalue weighted by Crippen LogP contribution is -2.42. The van der Waals surface area contributed by atoms with E-state index in [1.807, 2.05) is 4.90 Å². The second-order valence-corrected chi connectivity index (χ2v) is 4.65. The molecule has 0 aromatic heterocycles. The second-order valence-electron chi connectivity index (χ2n) is 4.65. The van der Waals surface area contributed by atoms with Crippen molar-refractivity contribution in [2.24, 2.45) is 0 Å². The van der Waals surface area contributed by atoms with Gasteiger partial charge in [0.1, 0.15) is 0 Å². The summed E-state index contributed by atoms with van der Waals surface area (Å²) in [5.41, 5.74) is 0. The van der Waals surface area contributed by atoms with Gasteiger partial charge >= 0.3 is 0 Å². The molecule has 0 spiro atoms. The maximum atomic E-state index is 11.9. The van der Waals surface area contributed by atoms with Gasteiger partial charge in [0, 0.05) is 25.7 Å². The van der Waals surface area contributed by atoms with E-state index in [1.54, 1.807) is 0 Å². The summed E-state index contributed by atoms with van der Waals surface area (Å²) >= 11 is 0. The van der Waals surface area contributed by atoms with Crippen molar-refractivity contribution in [3.63, 3.8) is 0 Å². The third-order valence-corrected chi connectivity index (χ3v) is 3.50. The highest BCUT2D eigenvalue weighted by molar-refractivity contribution is 5.78. The molecule has 1 unspecified atom stereocenters. The van der Waals surface area contributed by atoms with E-state index in [4.69, 9.17) is 0 Å². The van der Waals surface area contributed by atoms with Gasteiger partial charge in [0.2, 0.25) is 5.91 Å². The summed E-state index contributed by atoms with van der Waals surface area (Å²) in [6.07, 6.45) is 3.53. The van der Waals surface area contributed by atoms with Gasteiger partial charge in [0.05, 0.1) is 6.54 Å². The van der Waals surface area contributed by atoms with Crippen molar-refractivity contribution in [3.05, 3.63) is 0 Å². The quantitative estimate of drug-likeness (QED) is 0.708. The Bertz CT molecular complexity index is 220. The molecule has 0 aliphatic carbocycles. The zero-order valence-electron chi connectivity index (χ0n) is 9.54. The van der Waals surface area contributed by atoms with Gasteiger partial charge in [-0.05, 0) is 32.9 Å². The normalized spacial score (nSPS) is 26.5. The third-order valence-electron chi connectivity index (χ3n) is 3.50. The molecule has 1 atom stereocenters. The highest BCUT2D eigenvalue weighted by atomic mass is 16.2. The minimum absolute atomic E-state index is 0.307. The van der Waals surface area contributed by atoms with Gasteiger partial charge in [0.25, 0.3) is 0 Å². The molecule has 2 rings (SSSR count). The topological polar surface area (TPSA) is 35.6 Å². The average Bonchev–Trinajstić information content (AvgIpc) is 2.91. The molecule has 0 aromatic carbocycles. The molecule has 0 radical (unpaired) electrons. The lowest BCUT2D eigenvalue weighted by Gasteiger charge is -2.25. The van der Waals surface area contributed by atoms with E-state index in [-0.39, 0.29) is 0 Å². The van der Waals surface area contributed by atoms with Gasteiger partial charge in [-0.1, -0.05) is 0 Å². The maximum absolute atomic E-state index is 11.9. The number of carbonyl (C=O) groups is 1. The molecule has 1 amide bonds. The first-order chi connectivity index (χ1) is 7.27. The Balaban J connectivity index is 1.77. The molecular weight excluding hydrogens is 190 g/mol. The van der Waals surface area contributed by atoms with Crippen LogP contribution >= 0.6 is 0 Å². The molecule has 2 saturated heterocycles. The van der Waals surface area contributed by atoms with E-state index in [2.05, 4.69) is 17.3 Å². The van der Waals surface area contributed by atoms with Crippen LogP contribution in [0.15, 0.2) is 0 Å². The van der Waals surface area contributed by atoms with Crippen molar-refractivity contribution in [2.45, 2.75) is 25.3 Å². The fourth-order valence-electron chi connectivity index (χ4n) is 2.42. The molecular formula is C11H21N3O. The minimum atomic E-state index is 0.307. The predicted molar refractivity (Wildman–Crippen MR) is 59.7 cm³/mol. The van der Waals surface area contributed by atoms with Crippen molar-refractivity contribution in [3.8, 4) is 0 Å². The minimum Gasteiger partial charge on any atom is -0.342 e. The second kappa shape index (κ2) is 4.94. The van der Waals surface area contributed by atoms with E-state index in [9.17, 15) is 4.79 Å². The van der Waals surface area contributed by atoms with Gasteiger partial charge in [-0.15, -0.1) is 0 Å². The summed E-state index contributed by atoms with van der Waals surface area (Å²) in [4.78, 5) is 16.1. The van der Waals surface area contributed by atoms with E-state index in [0.29, 0.717) is 18.5 Å². The monoisotopic (exact) mass is 211 g/mol. The molecule has 2 heterocycles.